The Bertz CT molecular complexity index is 952. The standard InChI is InChI=1S/C21H20N2O5/c1-3-26-20(24)16(21(25)27-4-2)13-22-15-11-9-14(10-12-15)19-23-17-7-5-6-8-18(17)28-19/h5-13,22H,3-4H2,1-2H3. The van der Waals surface area contributed by atoms with Gasteiger partial charge in [-0.05, 0) is 50.2 Å². The van der Waals surface area contributed by atoms with Crippen molar-refractivity contribution in [3.05, 3.63) is 60.3 Å². The first kappa shape index (κ1) is 19.2. The van der Waals surface area contributed by atoms with Crippen LogP contribution < -0.4 is 5.32 Å². The van der Waals surface area contributed by atoms with Gasteiger partial charge in [-0.1, -0.05) is 12.1 Å². The number of esters is 2. The summed E-state index contributed by atoms with van der Waals surface area (Å²) in [5.74, 6) is -0.963. The molecule has 0 aliphatic heterocycles. The molecule has 0 fully saturated rings. The molecule has 1 aromatic heterocycles. The van der Waals surface area contributed by atoms with Crippen molar-refractivity contribution in [3.63, 3.8) is 0 Å². The summed E-state index contributed by atoms with van der Waals surface area (Å²) in [4.78, 5) is 28.4. The van der Waals surface area contributed by atoms with E-state index in [0.29, 0.717) is 11.6 Å². The molecule has 1 heterocycles. The van der Waals surface area contributed by atoms with Crippen LogP contribution in [0.3, 0.4) is 0 Å². The summed E-state index contributed by atoms with van der Waals surface area (Å²) in [6.45, 7) is 3.65. The average molecular weight is 380 g/mol. The first-order valence-corrected chi connectivity index (χ1v) is 8.89. The number of aromatic nitrogens is 1. The maximum Gasteiger partial charge on any atom is 0.347 e. The molecule has 28 heavy (non-hydrogen) atoms. The molecule has 0 aliphatic rings. The lowest BCUT2D eigenvalue weighted by molar-refractivity contribution is -0.146. The largest absolute Gasteiger partial charge is 0.462 e. The van der Waals surface area contributed by atoms with Gasteiger partial charge < -0.3 is 19.2 Å². The minimum Gasteiger partial charge on any atom is -0.462 e. The van der Waals surface area contributed by atoms with Crippen LogP contribution in [0.1, 0.15) is 13.8 Å². The van der Waals surface area contributed by atoms with Gasteiger partial charge in [-0.3, -0.25) is 0 Å². The van der Waals surface area contributed by atoms with Crippen molar-refractivity contribution < 1.29 is 23.5 Å². The number of hydrogen-bond acceptors (Lipinski definition) is 7. The van der Waals surface area contributed by atoms with E-state index in [1.165, 1.54) is 6.20 Å². The molecule has 3 rings (SSSR count). The SMILES string of the molecule is CCOC(=O)C(=CNc1ccc(-c2nc3ccccc3o2)cc1)C(=O)OCC. The second-order valence-electron chi connectivity index (χ2n) is 5.71. The van der Waals surface area contributed by atoms with Crippen molar-refractivity contribution in [1.29, 1.82) is 0 Å². The number of nitrogens with one attached hydrogen (secondary N) is 1. The highest BCUT2D eigenvalue weighted by Gasteiger charge is 2.20. The van der Waals surface area contributed by atoms with Crippen LogP contribution in [0.2, 0.25) is 0 Å². The summed E-state index contributed by atoms with van der Waals surface area (Å²) in [6.07, 6.45) is 1.28. The van der Waals surface area contributed by atoms with Gasteiger partial charge >= 0.3 is 11.9 Å². The van der Waals surface area contributed by atoms with Gasteiger partial charge in [0, 0.05) is 17.5 Å². The fourth-order valence-electron chi connectivity index (χ4n) is 2.48. The molecule has 3 aromatic rings. The maximum absolute atomic E-state index is 12.0. The number of oxazole rings is 1. The van der Waals surface area contributed by atoms with Crippen LogP contribution in [-0.4, -0.2) is 30.1 Å². The molecular weight excluding hydrogens is 360 g/mol. The Morgan fingerprint density at radius 3 is 2.25 bits per heavy atom. The summed E-state index contributed by atoms with van der Waals surface area (Å²) in [7, 11) is 0. The number of nitrogens with zero attached hydrogens (tertiary/aromatic N) is 1. The summed E-state index contributed by atoms with van der Waals surface area (Å²) in [5, 5.41) is 2.91. The highest BCUT2D eigenvalue weighted by molar-refractivity contribution is 6.14. The van der Waals surface area contributed by atoms with Crippen LogP contribution >= 0.6 is 0 Å². The third-order valence-electron chi connectivity index (χ3n) is 3.80. The second-order valence-corrected chi connectivity index (χ2v) is 5.71. The molecule has 0 saturated carbocycles. The topological polar surface area (TPSA) is 90.7 Å². The third kappa shape index (κ3) is 4.37. The van der Waals surface area contributed by atoms with E-state index in [2.05, 4.69) is 10.3 Å². The fraction of sp³-hybridized carbons (Fsp3) is 0.190. The Morgan fingerprint density at radius 1 is 1.00 bits per heavy atom. The van der Waals surface area contributed by atoms with Crippen LogP contribution in [0.4, 0.5) is 5.69 Å². The Labute approximate surface area is 162 Å². The number of anilines is 1. The van der Waals surface area contributed by atoms with Crippen LogP contribution in [0.5, 0.6) is 0 Å². The predicted octanol–water partition coefficient (Wildman–Crippen LogP) is 3.92. The molecule has 0 saturated heterocycles. The zero-order valence-corrected chi connectivity index (χ0v) is 15.6. The molecule has 0 atom stereocenters. The highest BCUT2D eigenvalue weighted by Crippen LogP contribution is 2.25. The van der Waals surface area contributed by atoms with Crippen molar-refractivity contribution in [1.82, 2.24) is 4.98 Å². The summed E-state index contributed by atoms with van der Waals surface area (Å²) in [5.41, 5.74) is 2.78. The van der Waals surface area contributed by atoms with E-state index in [1.807, 2.05) is 36.4 Å². The van der Waals surface area contributed by atoms with Gasteiger partial charge in [0.15, 0.2) is 11.2 Å². The third-order valence-corrected chi connectivity index (χ3v) is 3.80. The maximum atomic E-state index is 12.0. The Morgan fingerprint density at radius 2 is 1.64 bits per heavy atom. The Kier molecular flexibility index (Phi) is 6.06. The predicted molar refractivity (Wildman–Crippen MR) is 104 cm³/mol. The van der Waals surface area contributed by atoms with E-state index in [-0.39, 0.29) is 18.8 Å². The van der Waals surface area contributed by atoms with Gasteiger partial charge in [0.2, 0.25) is 5.89 Å². The lowest BCUT2D eigenvalue weighted by Crippen LogP contribution is -2.19. The Hall–Kier alpha value is -3.61. The van der Waals surface area contributed by atoms with Crippen LogP contribution in [0, 0.1) is 0 Å². The first-order chi connectivity index (χ1) is 13.6. The lowest BCUT2D eigenvalue weighted by Gasteiger charge is -2.08. The van der Waals surface area contributed by atoms with E-state index in [9.17, 15) is 9.59 Å². The normalized spacial score (nSPS) is 10.4. The minimum atomic E-state index is -0.739. The van der Waals surface area contributed by atoms with Gasteiger partial charge in [0.05, 0.1) is 13.2 Å². The van der Waals surface area contributed by atoms with Crippen molar-refractivity contribution in [2.75, 3.05) is 18.5 Å². The summed E-state index contributed by atoms with van der Waals surface area (Å²) >= 11 is 0. The van der Waals surface area contributed by atoms with Gasteiger partial charge in [-0.2, -0.15) is 0 Å². The van der Waals surface area contributed by atoms with Crippen molar-refractivity contribution in [2.45, 2.75) is 13.8 Å². The average Bonchev–Trinajstić information content (AvgIpc) is 3.13. The van der Waals surface area contributed by atoms with Crippen LogP contribution in [-0.2, 0) is 19.1 Å². The molecule has 2 aromatic carbocycles. The first-order valence-electron chi connectivity index (χ1n) is 8.89. The van der Waals surface area contributed by atoms with Crippen molar-refractivity contribution >= 4 is 28.7 Å². The zero-order valence-electron chi connectivity index (χ0n) is 15.6. The fourth-order valence-corrected chi connectivity index (χ4v) is 2.48. The van der Waals surface area contributed by atoms with E-state index >= 15 is 0 Å². The smallest absolute Gasteiger partial charge is 0.347 e. The highest BCUT2D eigenvalue weighted by atomic mass is 16.6. The molecule has 7 nitrogen and oxygen atoms in total. The molecular formula is C21H20N2O5. The molecule has 7 heteroatoms. The van der Waals surface area contributed by atoms with Crippen LogP contribution in [0.15, 0.2) is 64.7 Å². The minimum absolute atomic E-state index is 0.161. The van der Waals surface area contributed by atoms with E-state index in [0.717, 1.165) is 16.7 Å². The molecule has 0 spiro atoms. The number of fused-ring (bicyclic) bond motifs is 1. The van der Waals surface area contributed by atoms with E-state index in [1.54, 1.807) is 26.0 Å². The molecule has 0 unspecified atom stereocenters. The number of hydrogen-bond donors (Lipinski definition) is 1. The van der Waals surface area contributed by atoms with E-state index < -0.39 is 11.9 Å². The van der Waals surface area contributed by atoms with Gasteiger partial charge in [-0.25, -0.2) is 14.6 Å². The number of carbonyl (C=O) groups excluding carboxylic acids is 2. The zero-order chi connectivity index (χ0) is 19.9. The second kappa shape index (κ2) is 8.85. The molecule has 0 radical (unpaired) electrons. The number of ether oxygens (including phenoxy) is 2. The molecule has 0 bridgehead atoms. The van der Waals surface area contributed by atoms with Gasteiger partial charge in [0.1, 0.15) is 5.52 Å². The van der Waals surface area contributed by atoms with Crippen molar-refractivity contribution in [3.8, 4) is 11.5 Å². The number of rotatable bonds is 7. The Balaban J connectivity index is 1.77. The molecule has 1 N–H and O–H groups in total. The van der Waals surface area contributed by atoms with E-state index in [4.69, 9.17) is 13.9 Å². The lowest BCUT2D eigenvalue weighted by atomic mass is 10.2. The monoisotopic (exact) mass is 380 g/mol. The van der Waals surface area contributed by atoms with Gasteiger partial charge in [0.25, 0.3) is 0 Å². The molecule has 0 amide bonds. The van der Waals surface area contributed by atoms with Crippen molar-refractivity contribution in [2.24, 2.45) is 0 Å². The summed E-state index contributed by atoms with van der Waals surface area (Å²) in [6, 6.07) is 14.8. The quantitative estimate of drug-likeness (QED) is 0.287. The molecule has 0 aliphatic carbocycles. The number of benzene rings is 2. The van der Waals surface area contributed by atoms with Gasteiger partial charge in [-0.15, -0.1) is 0 Å². The summed E-state index contributed by atoms with van der Waals surface area (Å²) < 4.78 is 15.5. The molecule has 144 valence electrons. The van der Waals surface area contributed by atoms with Crippen LogP contribution in [0.25, 0.3) is 22.6 Å². The number of para-hydroxylation sites is 2. The number of carbonyl (C=O) groups is 2.